The number of rotatable bonds is 1. The van der Waals surface area contributed by atoms with Crippen LogP contribution in [0.4, 0.5) is 4.39 Å². The van der Waals surface area contributed by atoms with E-state index in [1.807, 2.05) is 19.3 Å². The van der Waals surface area contributed by atoms with E-state index in [0.717, 1.165) is 16.5 Å². The van der Waals surface area contributed by atoms with Gasteiger partial charge in [-0.1, -0.05) is 0 Å². The van der Waals surface area contributed by atoms with Crippen molar-refractivity contribution in [2.45, 2.75) is 0 Å². The van der Waals surface area contributed by atoms with Gasteiger partial charge in [-0.05, 0) is 17.7 Å². The number of benzene rings is 1. The van der Waals surface area contributed by atoms with Crippen LogP contribution in [0.1, 0.15) is 0 Å². The van der Waals surface area contributed by atoms with Gasteiger partial charge in [-0.2, -0.15) is 10.2 Å². The van der Waals surface area contributed by atoms with Gasteiger partial charge in [0.05, 0.1) is 12.4 Å². The number of fused-ring (bicyclic) bond motifs is 1. The summed E-state index contributed by atoms with van der Waals surface area (Å²) in [7, 11) is 1.83. The molecule has 5 heteroatoms. The molecule has 0 aliphatic carbocycles. The van der Waals surface area contributed by atoms with Crippen molar-refractivity contribution in [2.24, 2.45) is 7.05 Å². The van der Waals surface area contributed by atoms with Crippen molar-refractivity contribution in [1.29, 1.82) is 0 Å². The Morgan fingerprint density at radius 1 is 1.25 bits per heavy atom. The lowest BCUT2D eigenvalue weighted by Crippen LogP contribution is -1.84. The van der Waals surface area contributed by atoms with Crippen molar-refractivity contribution < 1.29 is 4.39 Å². The number of aryl methyl sites for hydroxylation is 1. The molecule has 2 aromatic heterocycles. The third-order valence-corrected chi connectivity index (χ3v) is 2.54. The molecule has 4 nitrogen and oxygen atoms in total. The van der Waals surface area contributed by atoms with Gasteiger partial charge in [-0.25, -0.2) is 4.39 Å². The van der Waals surface area contributed by atoms with Gasteiger partial charge in [0.25, 0.3) is 0 Å². The molecule has 1 N–H and O–H groups in total. The molecule has 2 heterocycles. The Morgan fingerprint density at radius 2 is 2.12 bits per heavy atom. The van der Waals surface area contributed by atoms with E-state index < -0.39 is 0 Å². The predicted molar refractivity (Wildman–Crippen MR) is 58.3 cm³/mol. The lowest BCUT2D eigenvalue weighted by molar-refractivity contribution is 0.636. The minimum absolute atomic E-state index is 0.297. The molecule has 0 bridgehead atoms. The van der Waals surface area contributed by atoms with Gasteiger partial charge in [0, 0.05) is 24.2 Å². The summed E-state index contributed by atoms with van der Waals surface area (Å²) in [5, 5.41) is 11.3. The molecule has 16 heavy (non-hydrogen) atoms. The SMILES string of the molecule is Cn1cc(-c2cc(F)c3[nH]ncc3c2)cn1. The number of nitrogens with zero attached hydrogens (tertiary/aromatic N) is 3. The van der Waals surface area contributed by atoms with Gasteiger partial charge in [0.1, 0.15) is 11.3 Å². The maximum Gasteiger partial charge on any atom is 0.149 e. The van der Waals surface area contributed by atoms with Gasteiger partial charge >= 0.3 is 0 Å². The maximum absolute atomic E-state index is 13.7. The van der Waals surface area contributed by atoms with Crippen LogP contribution in [0, 0.1) is 5.82 Å². The third-order valence-electron chi connectivity index (χ3n) is 2.54. The molecule has 0 aliphatic heterocycles. The molecule has 0 radical (unpaired) electrons. The van der Waals surface area contributed by atoms with E-state index in [-0.39, 0.29) is 5.82 Å². The molecule has 3 rings (SSSR count). The van der Waals surface area contributed by atoms with Gasteiger partial charge < -0.3 is 0 Å². The Bertz CT molecular complexity index is 653. The number of nitrogens with one attached hydrogen (secondary N) is 1. The Labute approximate surface area is 90.7 Å². The van der Waals surface area contributed by atoms with Crippen LogP contribution in [-0.4, -0.2) is 20.0 Å². The normalized spacial score (nSPS) is 11.1. The van der Waals surface area contributed by atoms with E-state index >= 15 is 0 Å². The average molecular weight is 216 g/mol. The molecule has 80 valence electrons. The molecule has 3 aromatic rings. The predicted octanol–water partition coefficient (Wildman–Crippen LogP) is 2.10. The zero-order chi connectivity index (χ0) is 11.1. The zero-order valence-corrected chi connectivity index (χ0v) is 8.61. The second kappa shape index (κ2) is 3.16. The van der Waals surface area contributed by atoms with Crippen molar-refractivity contribution in [3.8, 4) is 11.1 Å². The van der Waals surface area contributed by atoms with Crippen molar-refractivity contribution in [3.05, 3.63) is 36.5 Å². The summed E-state index contributed by atoms with van der Waals surface area (Å²) >= 11 is 0. The van der Waals surface area contributed by atoms with Crippen LogP contribution in [0.5, 0.6) is 0 Å². The lowest BCUT2D eigenvalue weighted by atomic mass is 10.1. The topological polar surface area (TPSA) is 46.5 Å². The van der Waals surface area contributed by atoms with E-state index in [4.69, 9.17) is 0 Å². The van der Waals surface area contributed by atoms with Gasteiger partial charge in [0.15, 0.2) is 0 Å². The second-order valence-corrected chi connectivity index (χ2v) is 3.69. The fraction of sp³-hybridized carbons (Fsp3) is 0.0909. The first-order valence-corrected chi connectivity index (χ1v) is 4.86. The molecule has 0 amide bonds. The van der Waals surface area contributed by atoms with Crippen LogP contribution < -0.4 is 0 Å². The van der Waals surface area contributed by atoms with Crippen molar-refractivity contribution in [1.82, 2.24) is 20.0 Å². The van der Waals surface area contributed by atoms with E-state index in [0.29, 0.717) is 5.52 Å². The maximum atomic E-state index is 13.7. The minimum Gasteiger partial charge on any atom is -0.275 e. The van der Waals surface area contributed by atoms with E-state index in [1.54, 1.807) is 17.1 Å². The molecule has 0 aliphatic rings. The Balaban J connectivity index is 2.24. The summed E-state index contributed by atoms with van der Waals surface area (Å²) in [5.74, 6) is -0.297. The number of hydrogen-bond donors (Lipinski definition) is 1. The quantitative estimate of drug-likeness (QED) is 0.677. The standard InChI is InChI=1S/C11H9FN4/c1-16-6-9(5-14-16)7-2-8-4-13-15-11(8)10(12)3-7/h2-6H,1H3,(H,13,15). The second-order valence-electron chi connectivity index (χ2n) is 3.69. The minimum atomic E-state index is -0.297. The molecule has 0 atom stereocenters. The highest BCUT2D eigenvalue weighted by Gasteiger charge is 2.08. The van der Waals surface area contributed by atoms with Crippen molar-refractivity contribution >= 4 is 10.9 Å². The third kappa shape index (κ3) is 1.29. The van der Waals surface area contributed by atoms with E-state index in [1.165, 1.54) is 6.07 Å². The Kier molecular flexibility index (Phi) is 1.80. The summed E-state index contributed by atoms with van der Waals surface area (Å²) in [5.41, 5.74) is 2.14. The number of halogens is 1. The van der Waals surface area contributed by atoms with Crippen molar-refractivity contribution in [3.63, 3.8) is 0 Å². The molecule has 0 saturated carbocycles. The monoisotopic (exact) mass is 216 g/mol. The molecule has 0 fully saturated rings. The summed E-state index contributed by atoms with van der Waals surface area (Å²) in [6, 6.07) is 3.37. The number of H-pyrrole nitrogens is 1. The highest BCUT2D eigenvalue weighted by atomic mass is 19.1. The first-order valence-electron chi connectivity index (χ1n) is 4.86. The highest BCUT2D eigenvalue weighted by Crippen LogP contribution is 2.25. The summed E-state index contributed by atoms with van der Waals surface area (Å²) in [6.07, 6.45) is 5.17. The van der Waals surface area contributed by atoms with Crippen LogP contribution in [0.25, 0.3) is 22.0 Å². The molecular formula is C11H9FN4. The first kappa shape index (κ1) is 9.08. The van der Waals surface area contributed by atoms with Crippen LogP contribution in [0.15, 0.2) is 30.7 Å². The lowest BCUT2D eigenvalue weighted by Gasteiger charge is -1.98. The highest BCUT2D eigenvalue weighted by molar-refractivity contribution is 5.84. The molecule has 0 unspecified atom stereocenters. The van der Waals surface area contributed by atoms with Crippen LogP contribution in [0.3, 0.4) is 0 Å². The number of aromatic amines is 1. The van der Waals surface area contributed by atoms with Crippen LogP contribution >= 0.6 is 0 Å². The van der Waals surface area contributed by atoms with Crippen LogP contribution in [-0.2, 0) is 7.05 Å². The van der Waals surface area contributed by atoms with Crippen molar-refractivity contribution in [2.75, 3.05) is 0 Å². The Hall–Kier alpha value is -2.17. The summed E-state index contributed by atoms with van der Waals surface area (Å²) in [4.78, 5) is 0. The molecule has 0 saturated heterocycles. The smallest absolute Gasteiger partial charge is 0.149 e. The van der Waals surface area contributed by atoms with Gasteiger partial charge in [-0.15, -0.1) is 0 Å². The number of hydrogen-bond acceptors (Lipinski definition) is 2. The number of aromatic nitrogens is 4. The molecular weight excluding hydrogens is 207 g/mol. The van der Waals surface area contributed by atoms with Gasteiger partial charge in [-0.3, -0.25) is 9.78 Å². The average Bonchev–Trinajstić information content (AvgIpc) is 2.85. The fourth-order valence-corrected chi connectivity index (χ4v) is 1.75. The summed E-state index contributed by atoms with van der Waals surface area (Å²) < 4.78 is 15.4. The van der Waals surface area contributed by atoms with Crippen LogP contribution in [0.2, 0.25) is 0 Å². The zero-order valence-electron chi connectivity index (χ0n) is 8.61. The van der Waals surface area contributed by atoms with Gasteiger partial charge in [0.2, 0.25) is 0 Å². The van der Waals surface area contributed by atoms with E-state index in [9.17, 15) is 4.39 Å². The first-order chi connectivity index (χ1) is 7.74. The molecule has 1 aromatic carbocycles. The summed E-state index contributed by atoms with van der Waals surface area (Å²) in [6.45, 7) is 0. The Morgan fingerprint density at radius 3 is 2.88 bits per heavy atom. The largest absolute Gasteiger partial charge is 0.275 e. The fourth-order valence-electron chi connectivity index (χ4n) is 1.75. The molecule has 0 spiro atoms. The van der Waals surface area contributed by atoms with E-state index in [2.05, 4.69) is 15.3 Å².